The molecule has 3 rings (SSSR count). The number of aryl methyl sites for hydroxylation is 2. The van der Waals surface area contributed by atoms with Crippen LogP contribution in [0.4, 0.5) is 5.82 Å². The predicted octanol–water partition coefficient (Wildman–Crippen LogP) is 2.86. The van der Waals surface area contributed by atoms with Crippen molar-refractivity contribution in [2.75, 3.05) is 26.0 Å². The second-order valence-corrected chi connectivity index (χ2v) is 8.24. The van der Waals surface area contributed by atoms with Crippen molar-refractivity contribution in [2.45, 2.75) is 51.6 Å². The molecule has 1 aliphatic rings. The Morgan fingerprint density at radius 2 is 2.10 bits per heavy atom. The molecule has 4 N–H and O–H groups in total. The number of carbonyl (C=O) groups is 1. The van der Waals surface area contributed by atoms with E-state index in [1.165, 1.54) is 16.7 Å². The Morgan fingerprint density at radius 3 is 2.77 bits per heavy atom. The minimum atomic E-state index is -0.290. The molecule has 1 saturated carbocycles. The van der Waals surface area contributed by atoms with E-state index in [1.54, 1.807) is 13.3 Å². The summed E-state index contributed by atoms with van der Waals surface area (Å²) in [7, 11) is 1.73. The summed E-state index contributed by atoms with van der Waals surface area (Å²) in [5.74, 6) is 0.302. The van der Waals surface area contributed by atoms with Crippen molar-refractivity contribution in [2.24, 2.45) is 11.7 Å². The smallest absolute Gasteiger partial charge is 0.227 e. The van der Waals surface area contributed by atoms with Crippen molar-refractivity contribution in [3.8, 4) is 0 Å². The third-order valence-corrected chi connectivity index (χ3v) is 5.87. The summed E-state index contributed by atoms with van der Waals surface area (Å²) in [6.45, 7) is 3.80. The zero-order chi connectivity index (χ0) is 21.5. The average Bonchev–Trinajstić information content (AvgIpc) is 3.58. The number of amides is 1. The van der Waals surface area contributed by atoms with Crippen LogP contribution in [-0.4, -0.2) is 42.1 Å². The summed E-state index contributed by atoms with van der Waals surface area (Å²) >= 11 is 0. The minimum absolute atomic E-state index is 0.118. The summed E-state index contributed by atoms with van der Waals surface area (Å²) in [6, 6.07) is 10.7. The molecule has 6 heteroatoms. The molecule has 1 aromatic carbocycles. The molecule has 2 aromatic rings. The van der Waals surface area contributed by atoms with Gasteiger partial charge in [0.25, 0.3) is 0 Å². The highest BCUT2D eigenvalue weighted by atomic mass is 16.5. The number of benzene rings is 1. The van der Waals surface area contributed by atoms with Crippen LogP contribution in [0.15, 0.2) is 36.5 Å². The maximum absolute atomic E-state index is 13.5. The molecular weight excluding hydrogens is 376 g/mol. The number of nitrogen functional groups attached to an aromatic ring is 1. The maximum Gasteiger partial charge on any atom is 0.227 e. The summed E-state index contributed by atoms with van der Waals surface area (Å²) in [6.07, 6.45) is 6.27. The largest absolute Gasteiger partial charge is 0.385 e. The molecule has 162 valence electrons. The second-order valence-electron chi connectivity index (χ2n) is 8.24. The standard InChI is InChI=1S/C24H34N4O2/c1-17-7-8-18(5-4-12-30-2)13-21(17)16-28(22-9-10-22)24(29)20(15-25)14-19-6-3-11-27-23(19)26/h3,6-8,11,13,20,22H,4-5,9-10,12,14-16,25H2,1-2H3,(H2,26,27). The molecule has 0 radical (unpaired) electrons. The fraction of sp³-hybridized carbons (Fsp3) is 0.500. The summed E-state index contributed by atoms with van der Waals surface area (Å²) in [5, 5.41) is 0. The van der Waals surface area contributed by atoms with Gasteiger partial charge < -0.3 is 21.1 Å². The van der Waals surface area contributed by atoms with E-state index < -0.39 is 0 Å². The van der Waals surface area contributed by atoms with E-state index in [2.05, 4.69) is 30.1 Å². The van der Waals surface area contributed by atoms with E-state index in [1.807, 2.05) is 17.0 Å². The summed E-state index contributed by atoms with van der Waals surface area (Å²) in [4.78, 5) is 19.6. The quantitative estimate of drug-likeness (QED) is 0.556. The SMILES string of the molecule is COCCCc1ccc(C)c(CN(C(=O)C(CN)Cc2cccnc2N)C2CC2)c1. The highest BCUT2D eigenvalue weighted by molar-refractivity contribution is 5.80. The van der Waals surface area contributed by atoms with Crippen LogP contribution in [0, 0.1) is 12.8 Å². The molecule has 1 amide bonds. The van der Waals surface area contributed by atoms with Gasteiger partial charge in [0, 0.05) is 39.0 Å². The van der Waals surface area contributed by atoms with Gasteiger partial charge in [-0.3, -0.25) is 4.79 Å². The Balaban J connectivity index is 1.74. The number of hydrogen-bond acceptors (Lipinski definition) is 5. The number of ether oxygens (including phenoxy) is 1. The lowest BCUT2D eigenvalue weighted by Gasteiger charge is -2.28. The molecule has 30 heavy (non-hydrogen) atoms. The topological polar surface area (TPSA) is 94.5 Å². The van der Waals surface area contributed by atoms with Gasteiger partial charge in [0.1, 0.15) is 5.82 Å². The Bertz CT molecular complexity index is 851. The molecule has 1 fully saturated rings. The van der Waals surface area contributed by atoms with E-state index in [0.29, 0.717) is 31.4 Å². The Labute approximate surface area is 179 Å². The van der Waals surface area contributed by atoms with Gasteiger partial charge >= 0.3 is 0 Å². The second kappa shape index (κ2) is 10.5. The number of rotatable bonds is 11. The van der Waals surface area contributed by atoms with Crippen LogP contribution in [0.25, 0.3) is 0 Å². The summed E-state index contributed by atoms with van der Waals surface area (Å²) < 4.78 is 5.17. The van der Waals surface area contributed by atoms with Gasteiger partial charge in [-0.15, -0.1) is 0 Å². The molecule has 1 aliphatic carbocycles. The minimum Gasteiger partial charge on any atom is -0.385 e. The molecule has 1 heterocycles. The van der Waals surface area contributed by atoms with Crippen LogP contribution >= 0.6 is 0 Å². The average molecular weight is 411 g/mol. The molecule has 1 atom stereocenters. The van der Waals surface area contributed by atoms with Gasteiger partial charge in [-0.2, -0.15) is 0 Å². The first-order valence-electron chi connectivity index (χ1n) is 10.8. The van der Waals surface area contributed by atoms with Crippen molar-refractivity contribution in [3.63, 3.8) is 0 Å². The van der Waals surface area contributed by atoms with Gasteiger partial charge in [0.15, 0.2) is 0 Å². The number of hydrogen-bond donors (Lipinski definition) is 2. The van der Waals surface area contributed by atoms with Gasteiger partial charge in [0.2, 0.25) is 5.91 Å². The van der Waals surface area contributed by atoms with Crippen LogP contribution < -0.4 is 11.5 Å². The van der Waals surface area contributed by atoms with Gasteiger partial charge in [0.05, 0.1) is 5.92 Å². The molecule has 1 aromatic heterocycles. The van der Waals surface area contributed by atoms with E-state index in [0.717, 1.165) is 37.9 Å². The summed E-state index contributed by atoms with van der Waals surface area (Å²) in [5.41, 5.74) is 16.6. The van der Waals surface area contributed by atoms with Crippen molar-refractivity contribution in [1.29, 1.82) is 0 Å². The van der Waals surface area contributed by atoms with E-state index >= 15 is 0 Å². The first-order chi connectivity index (χ1) is 14.5. The van der Waals surface area contributed by atoms with Crippen LogP contribution in [0.5, 0.6) is 0 Å². The lowest BCUT2D eigenvalue weighted by atomic mass is 9.97. The predicted molar refractivity (Wildman–Crippen MR) is 120 cm³/mol. The number of methoxy groups -OCH3 is 1. The lowest BCUT2D eigenvalue weighted by Crippen LogP contribution is -2.41. The van der Waals surface area contributed by atoms with Crippen molar-refractivity contribution in [1.82, 2.24) is 9.88 Å². The molecule has 1 unspecified atom stereocenters. The first kappa shape index (κ1) is 22.2. The zero-order valence-corrected chi connectivity index (χ0v) is 18.1. The first-order valence-corrected chi connectivity index (χ1v) is 10.8. The third kappa shape index (κ3) is 5.80. The third-order valence-electron chi connectivity index (χ3n) is 5.87. The Morgan fingerprint density at radius 1 is 1.30 bits per heavy atom. The number of anilines is 1. The maximum atomic E-state index is 13.5. The zero-order valence-electron chi connectivity index (χ0n) is 18.1. The highest BCUT2D eigenvalue weighted by Crippen LogP contribution is 2.31. The highest BCUT2D eigenvalue weighted by Gasteiger charge is 2.35. The fourth-order valence-electron chi connectivity index (χ4n) is 3.82. The number of aromatic nitrogens is 1. The molecule has 0 aliphatic heterocycles. The molecular formula is C24H34N4O2. The number of nitrogens with two attached hydrogens (primary N) is 2. The van der Waals surface area contributed by atoms with Crippen LogP contribution in [0.2, 0.25) is 0 Å². The Kier molecular flexibility index (Phi) is 7.82. The Hall–Kier alpha value is -2.44. The van der Waals surface area contributed by atoms with Crippen LogP contribution in [-0.2, 0) is 28.9 Å². The normalized spacial score (nSPS) is 14.5. The van der Waals surface area contributed by atoms with Crippen LogP contribution in [0.3, 0.4) is 0 Å². The van der Waals surface area contributed by atoms with E-state index in [4.69, 9.17) is 16.2 Å². The monoisotopic (exact) mass is 410 g/mol. The number of nitrogens with zero attached hydrogens (tertiary/aromatic N) is 2. The lowest BCUT2D eigenvalue weighted by molar-refractivity contribution is -0.136. The van der Waals surface area contributed by atoms with Gasteiger partial charge in [-0.25, -0.2) is 4.98 Å². The molecule has 6 nitrogen and oxygen atoms in total. The molecule has 0 spiro atoms. The van der Waals surface area contributed by atoms with Crippen LogP contribution in [0.1, 0.15) is 41.5 Å². The fourth-order valence-corrected chi connectivity index (χ4v) is 3.82. The van der Waals surface area contributed by atoms with E-state index in [9.17, 15) is 4.79 Å². The van der Waals surface area contributed by atoms with Gasteiger partial charge in [-0.1, -0.05) is 24.3 Å². The van der Waals surface area contributed by atoms with Crippen molar-refractivity contribution in [3.05, 3.63) is 58.8 Å². The van der Waals surface area contributed by atoms with Gasteiger partial charge in [-0.05, 0) is 67.3 Å². The number of pyridine rings is 1. The number of carbonyl (C=O) groups excluding carboxylic acids is 1. The van der Waals surface area contributed by atoms with Crippen molar-refractivity contribution >= 4 is 11.7 Å². The molecule has 0 bridgehead atoms. The van der Waals surface area contributed by atoms with Crippen molar-refractivity contribution < 1.29 is 9.53 Å². The van der Waals surface area contributed by atoms with E-state index in [-0.39, 0.29) is 11.8 Å². The molecule has 0 saturated heterocycles.